The number of benzene rings is 2. The monoisotopic (exact) mass is 368 g/mol. The number of alkyl halides is 1. The lowest BCUT2D eigenvalue weighted by molar-refractivity contribution is 0.478. The highest BCUT2D eigenvalue weighted by Crippen LogP contribution is 2.34. The largest absolute Gasteiger partial charge is 0.457 e. The van der Waals surface area contributed by atoms with Gasteiger partial charge in [-0.25, -0.2) is 0 Å². The number of ether oxygens (including phenoxy) is 1. The third-order valence-electron chi connectivity index (χ3n) is 2.72. The maximum absolute atomic E-state index is 5.91. The highest BCUT2D eigenvalue weighted by molar-refractivity contribution is 9.11. The highest BCUT2D eigenvalue weighted by Gasteiger charge is 2.08. The van der Waals surface area contributed by atoms with E-state index in [1.54, 1.807) is 0 Å². The molecule has 0 amide bonds. The van der Waals surface area contributed by atoms with Gasteiger partial charge in [0, 0.05) is 9.30 Å². The van der Waals surface area contributed by atoms with Crippen LogP contribution in [0.25, 0.3) is 0 Å². The second-order valence-electron chi connectivity index (χ2n) is 4.17. The lowest BCUT2D eigenvalue weighted by Crippen LogP contribution is -1.91. The van der Waals surface area contributed by atoms with Crippen molar-refractivity contribution in [3.8, 4) is 11.5 Å². The minimum Gasteiger partial charge on any atom is -0.457 e. The molecule has 0 radical (unpaired) electrons. The van der Waals surface area contributed by atoms with E-state index >= 15 is 0 Å². The molecule has 0 fully saturated rings. The Hall–Kier alpha value is -0.800. The lowest BCUT2D eigenvalue weighted by atomic mass is 10.1. The molecule has 0 aliphatic carbocycles. The van der Waals surface area contributed by atoms with Crippen LogP contribution in [0.5, 0.6) is 11.5 Å². The van der Waals surface area contributed by atoms with E-state index in [2.05, 4.69) is 44.8 Å². The zero-order valence-corrected chi connectivity index (χ0v) is 13.5. The summed E-state index contributed by atoms with van der Waals surface area (Å²) in [4.78, 5) is 0.285. The Bertz CT molecular complexity index is 550. The van der Waals surface area contributed by atoms with Crippen LogP contribution in [0.3, 0.4) is 0 Å². The third kappa shape index (κ3) is 3.15. The number of hydrogen-bond donors (Lipinski definition) is 0. The van der Waals surface area contributed by atoms with E-state index in [1.165, 1.54) is 5.56 Å². The Labute approximate surface area is 124 Å². The van der Waals surface area contributed by atoms with Crippen LogP contribution in [0, 0.1) is 6.92 Å². The van der Waals surface area contributed by atoms with E-state index in [0.29, 0.717) is 0 Å². The van der Waals surface area contributed by atoms with E-state index in [4.69, 9.17) is 4.74 Å². The molecule has 2 aromatic carbocycles. The number of aryl methyl sites for hydroxylation is 1. The van der Waals surface area contributed by atoms with Crippen LogP contribution in [0.2, 0.25) is 0 Å². The summed E-state index contributed by atoms with van der Waals surface area (Å²) >= 11 is 7.13. The minimum absolute atomic E-state index is 0.285. The van der Waals surface area contributed by atoms with Gasteiger partial charge in [0.25, 0.3) is 0 Å². The molecule has 0 N–H and O–H groups in total. The van der Waals surface area contributed by atoms with E-state index in [-0.39, 0.29) is 4.83 Å². The predicted molar refractivity (Wildman–Crippen MR) is 82.7 cm³/mol. The fourth-order valence-corrected chi connectivity index (χ4v) is 2.96. The Morgan fingerprint density at radius 2 is 1.83 bits per heavy atom. The minimum atomic E-state index is 0.285. The Kier molecular flexibility index (Phi) is 4.46. The second kappa shape index (κ2) is 5.89. The fraction of sp³-hybridized carbons (Fsp3) is 0.200. The molecule has 1 unspecified atom stereocenters. The van der Waals surface area contributed by atoms with Crippen molar-refractivity contribution < 1.29 is 4.74 Å². The van der Waals surface area contributed by atoms with Gasteiger partial charge >= 0.3 is 0 Å². The molecule has 0 aliphatic rings. The van der Waals surface area contributed by atoms with Crippen LogP contribution in [0.1, 0.15) is 22.9 Å². The van der Waals surface area contributed by atoms with Crippen molar-refractivity contribution in [3.05, 3.63) is 58.1 Å². The molecule has 94 valence electrons. The van der Waals surface area contributed by atoms with E-state index < -0.39 is 0 Å². The molecule has 18 heavy (non-hydrogen) atoms. The quantitative estimate of drug-likeness (QED) is 0.602. The van der Waals surface area contributed by atoms with Gasteiger partial charge in [0.15, 0.2) is 0 Å². The SMILES string of the molecule is Cc1ccccc1Oc1ccc(Br)c(C(C)Br)c1. The van der Waals surface area contributed by atoms with Gasteiger partial charge in [-0.3, -0.25) is 0 Å². The molecular weight excluding hydrogens is 356 g/mol. The van der Waals surface area contributed by atoms with Gasteiger partial charge in [-0.15, -0.1) is 0 Å². The summed E-state index contributed by atoms with van der Waals surface area (Å²) in [6.07, 6.45) is 0. The molecule has 0 spiro atoms. The van der Waals surface area contributed by atoms with Crippen LogP contribution in [0.15, 0.2) is 46.9 Å². The van der Waals surface area contributed by atoms with Gasteiger partial charge in [0.1, 0.15) is 11.5 Å². The standard InChI is InChI=1S/C15H14Br2O/c1-10-5-3-4-6-15(10)18-12-7-8-14(17)13(9-12)11(2)16/h3-9,11H,1-2H3. The molecule has 1 atom stereocenters. The molecule has 0 heterocycles. The second-order valence-corrected chi connectivity index (χ2v) is 6.39. The van der Waals surface area contributed by atoms with Gasteiger partial charge in [0.2, 0.25) is 0 Å². The van der Waals surface area contributed by atoms with Crippen molar-refractivity contribution in [1.82, 2.24) is 0 Å². The molecule has 0 bridgehead atoms. The summed E-state index contributed by atoms with van der Waals surface area (Å²) in [5.74, 6) is 1.75. The van der Waals surface area contributed by atoms with Gasteiger partial charge < -0.3 is 4.74 Å². The van der Waals surface area contributed by atoms with E-state index in [0.717, 1.165) is 21.5 Å². The number of halogens is 2. The molecule has 0 saturated carbocycles. The summed E-state index contributed by atoms with van der Waals surface area (Å²) in [5, 5.41) is 0. The summed E-state index contributed by atoms with van der Waals surface area (Å²) in [6, 6.07) is 14.0. The van der Waals surface area contributed by atoms with Crippen molar-refractivity contribution in [2.24, 2.45) is 0 Å². The Morgan fingerprint density at radius 1 is 1.11 bits per heavy atom. The van der Waals surface area contributed by atoms with Gasteiger partial charge in [-0.05, 0) is 49.2 Å². The maximum atomic E-state index is 5.91. The molecule has 3 heteroatoms. The van der Waals surface area contributed by atoms with Crippen LogP contribution in [-0.2, 0) is 0 Å². The zero-order chi connectivity index (χ0) is 13.1. The molecule has 2 rings (SSSR count). The summed E-state index contributed by atoms with van der Waals surface area (Å²) in [7, 11) is 0. The molecular formula is C15H14Br2O. The molecule has 0 saturated heterocycles. The normalized spacial score (nSPS) is 12.2. The maximum Gasteiger partial charge on any atom is 0.130 e. The first-order valence-electron chi connectivity index (χ1n) is 5.75. The predicted octanol–water partition coefficient (Wildman–Crippen LogP) is 6.01. The van der Waals surface area contributed by atoms with Crippen LogP contribution >= 0.6 is 31.9 Å². The lowest BCUT2D eigenvalue weighted by Gasteiger charge is -2.12. The number of hydrogen-bond acceptors (Lipinski definition) is 1. The first kappa shape index (κ1) is 13.6. The average molecular weight is 370 g/mol. The smallest absolute Gasteiger partial charge is 0.130 e. The van der Waals surface area contributed by atoms with Crippen molar-refractivity contribution in [2.45, 2.75) is 18.7 Å². The Balaban J connectivity index is 2.30. The van der Waals surface area contributed by atoms with Gasteiger partial charge in [0.05, 0.1) is 0 Å². The summed E-state index contributed by atoms with van der Waals surface area (Å²) in [5.41, 5.74) is 2.31. The van der Waals surface area contributed by atoms with Crippen LogP contribution < -0.4 is 4.74 Å². The van der Waals surface area contributed by atoms with Crippen molar-refractivity contribution >= 4 is 31.9 Å². The summed E-state index contributed by atoms with van der Waals surface area (Å²) in [6.45, 7) is 4.14. The first-order valence-corrected chi connectivity index (χ1v) is 7.46. The molecule has 1 nitrogen and oxygen atoms in total. The highest BCUT2D eigenvalue weighted by atomic mass is 79.9. The first-order chi connectivity index (χ1) is 8.58. The molecule has 2 aromatic rings. The van der Waals surface area contributed by atoms with Crippen LogP contribution in [0.4, 0.5) is 0 Å². The van der Waals surface area contributed by atoms with E-state index in [1.807, 2.05) is 43.3 Å². The zero-order valence-electron chi connectivity index (χ0n) is 10.3. The van der Waals surface area contributed by atoms with Crippen molar-refractivity contribution in [2.75, 3.05) is 0 Å². The topological polar surface area (TPSA) is 9.23 Å². The van der Waals surface area contributed by atoms with E-state index in [9.17, 15) is 0 Å². The summed E-state index contributed by atoms with van der Waals surface area (Å²) < 4.78 is 7.00. The number of rotatable bonds is 3. The average Bonchev–Trinajstić information content (AvgIpc) is 2.34. The van der Waals surface area contributed by atoms with Gasteiger partial charge in [-0.2, -0.15) is 0 Å². The van der Waals surface area contributed by atoms with Crippen molar-refractivity contribution in [1.29, 1.82) is 0 Å². The Morgan fingerprint density at radius 3 is 2.50 bits per heavy atom. The molecule has 0 aliphatic heterocycles. The fourth-order valence-electron chi connectivity index (χ4n) is 1.69. The third-order valence-corrected chi connectivity index (χ3v) is 3.93. The number of para-hydroxylation sites is 1. The van der Waals surface area contributed by atoms with Crippen molar-refractivity contribution in [3.63, 3.8) is 0 Å². The molecule has 0 aromatic heterocycles. The van der Waals surface area contributed by atoms with Gasteiger partial charge in [-0.1, -0.05) is 50.1 Å². The van der Waals surface area contributed by atoms with Crippen LogP contribution in [-0.4, -0.2) is 0 Å².